The van der Waals surface area contributed by atoms with Crippen LogP contribution in [0.25, 0.3) is 0 Å². The smallest absolute Gasteiger partial charge is 0.338 e. The summed E-state index contributed by atoms with van der Waals surface area (Å²) in [7, 11) is 0. The molecule has 0 atom stereocenters. The zero-order valence-electron chi connectivity index (χ0n) is 8.26. The van der Waals surface area contributed by atoms with E-state index >= 15 is 0 Å². The predicted octanol–water partition coefficient (Wildman–Crippen LogP) is 2.69. The van der Waals surface area contributed by atoms with Gasteiger partial charge in [-0.2, -0.15) is 0 Å². The summed E-state index contributed by atoms with van der Waals surface area (Å²) in [5, 5.41) is 0. The van der Waals surface area contributed by atoms with Crippen molar-refractivity contribution in [3.8, 4) is 0 Å². The third-order valence-corrected chi connectivity index (χ3v) is 1.98. The second kappa shape index (κ2) is 4.08. The largest absolute Gasteiger partial charge is 0.457 e. The molecule has 2 heteroatoms. The van der Waals surface area contributed by atoms with Gasteiger partial charge in [0, 0.05) is 5.56 Å². The first-order valence-electron chi connectivity index (χ1n) is 4.54. The molecule has 1 heterocycles. The maximum atomic E-state index is 11.0. The van der Waals surface area contributed by atoms with Crippen molar-refractivity contribution >= 4 is 5.97 Å². The minimum atomic E-state index is -0.191. The number of carbonyl (C=O) groups is 1. The Labute approximate surface area is 78.5 Å². The molecular formula is C11H14O2. The predicted molar refractivity (Wildman–Crippen MR) is 51.6 cm³/mol. The number of hydrogen-bond donors (Lipinski definition) is 0. The highest BCUT2D eigenvalue weighted by atomic mass is 16.5. The molecule has 1 aromatic carbocycles. The van der Waals surface area contributed by atoms with E-state index in [0.717, 1.165) is 16.7 Å². The van der Waals surface area contributed by atoms with Crippen LogP contribution in [0.4, 0.5) is 0 Å². The second-order valence-corrected chi connectivity index (χ2v) is 2.68. The van der Waals surface area contributed by atoms with Gasteiger partial charge < -0.3 is 4.74 Å². The van der Waals surface area contributed by atoms with Crippen LogP contribution in [0.5, 0.6) is 0 Å². The van der Waals surface area contributed by atoms with Crippen LogP contribution in [-0.2, 0) is 11.3 Å². The first-order valence-corrected chi connectivity index (χ1v) is 4.54. The Morgan fingerprint density at radius 3 is 2.62 bits per heavy atom. The molecule has 0 N–H and O–H groups in total. The van der Waals surface area contributed by atoms with Crippen LogP contribution >= 0.6 is 0 Å². The summed E-state index contributed by atoms with van der Waals surface area (Å²) in [5.74, 6) is -0.191. The molecular weight excluding hydrogens is 164 g/mol. The molecule has 0 unspecified atom stereocenters. The minimum Gasteiger partial charge on any atom is -0.457 e. The third kappa shape index (κ3) is 1.72. The first-order chi connectivity index (χ1) is 6.29. The van der Waals surface area contributed by atoms with Gasteiger partial charge in [-0.1, -0.05) is 26.0 Å². The van der Waals surface area contributed by atoms with Crippen LogP contribution in [0, 0.1) is 6.92 Å². The number of aryl methyl sites for hydroxylation is 1. The van der Waals surface area contributed by atoms with E-state index in [2.05, 4.69) is 0 Å². The molecule has 0 saturated heterocycles. The quantitative estimate of drug-likeness (QED) is 0.571. The highest BCUT2D eigenvalue weighted by molar-refractivity contribution is 5.93. The van der Waals surface area contributed by atoms with Gasteiger partial charge in [-0.25, -0.2) is 4.79 Å². The van der Waals surface area contributed by atoms with Crippen molar-refractivity contribution in [2.45, 2.75) is 27.4 Å². The number of ether oxygens (including phenoxy) is 1. The molecule has 13 heavy (non-hydrogen) atoms. The highest BCUT2D eigenvalue weighted by Gasteiger charge is 2.21. The molecule has 2 nitrogen and oxygen atoms in total. The average molecular weight is 178 g/mol. The SMILES string of the molecule is CC.Cc1cccc2c1COC2=O. The van der Waals surface area contributed by atoms with Gasteiger partial charge in [-0.3, -0.25) is 0 Å². The van der Waals surface area contributed by atoms with Gasteiger partial charge in [0.1, 0.15) is 6.61 Å². The maximum Gasteiger partial charge on any atom is 0.338 e. The summed E-state index contributed by atoms with van der Waals surface area (Å²) in [4.78, 5) is 11.0. The number of carbonyl (C=O) groups excluding carboxylic acids is 1. The van der Waals surface area contributed by atoms with E-state index in [1.54, 1.807) is 6.07 Å². The standard InChI is InChI=1S/C9H8O2.C2H6/c1-6-3-2-4-7-8(6)5-11-9(7)10;1-2/h2-4H,5H2,1H3;1-2H3. The Kier molecular flexibility index (Phi) is 3.07. The van der Waals surface area contributed by atoms with Crippen molar-refractivity contribution in [2.75, 3.05) is 0 Å². The fourth-order valence-electron chi connectivity index (χ4n) is 1.30. The topological polar surface area (TPSA) is 26.3 Å². The molecule has 70 valence electrons. The second-order valence-electron chi connectivity index (χ2n) is 2.68. The van der Waals surface area contributed by atoms with E-state index in [-0.39, 0.29) is 5.97 Å². The Balaban J connectivity index is 0.000000396. The van der Waals surface area contributed by atoms with Gasteiger partial charge in [-0.15, -0.1) is 0 Å². The summed E-state index contributed by atoms with van der Waals surface area (Å²) >= 11 is 0. The van der Waals surface area contributed by atoms with Crippen molar-refractivity contribution in [3.63, 3.8) is 0 Å². The minimum absolute atomic E-state index is 0.191. The van der Waals surface area contributed by atoms with Gasteiger partial charge in [-0.05, 0) is 18.6 Å². The summed E-state index contributed by atoms with van der Waals surface area (Å²) in [6.07, 6.45) is 0. The van der Waals surface area contributed by atoms with Crippen molar-refractivity contribution in [3.05, 3.63) is 34.9 Å². The zero-order valence-corrected chi connectivity index (χ0v) is 8.26. The molecule has 0 aliphatic carbocycles. The van der Waals surface area contributed by atoms with Crippen LogP contribution in [0.1, 0.15) is 35.3 Å². The Hall–Kier alpha value is -1.31. The van der Waals surface area contributed by atoms with Gasteiger partial charge in [0.25, 0.3) is 0 Å². The number of cyclic esters (lactones) is 1. The molecule has 2 rings (SSSR count). The molecule has 0 saturated carbocycles. The van der Waals surface area contributed by atoms with Crippen LogP contribution in [-0.4, -0.2) is 5.97 Å². The number of esters is 1. The number of rotatable bonds is 0. The van der Waals surface area contributed by atoms with E-state index in [9.17, 15) is 4.79 Å². The van der Waals surface area contributed by atoms with Crippen LogP contribution in [0.3, 0.4) is 0 Å². The molecule has 0 spiro atoms. The maximum absolute atomic E-state index is 11.0. The third-order valence-electron chi connectivity index (χ3n) is 1.98. The lowest BCUT2D eigenvalue weighted by atomic mass is 10.1. The fourth-order valence-corrected chi connectivity index (χ4v) is 1.30. The van der Waals surface area contributed by atoms with Crippen molar-refractivity contribution < 1.29 is 9.53 Å². The van der Waals surface area contributed by atoms with Crippen molar-refractivity contribution in [1.29, 1.82) is 0 Å². The number of benzene rings is 1. The lowest BCUT2D eigenvalue weighted by Crippen LogP contribution is -1.92. The molecule has 0 bridgehead atoms. The molecule has 0 radical (unpaired) electrons. The van der Waals surface area contributed by atoms with Crippen LogP contribution in [0.15, 0.2) is 18.2 Å². The summed E-state index contributed by atoms with van der Waals surface area (Å²) in [6, 6.07) is 5.67. The Morgan fingerprint density at radius 2 is 2.00 bits per heavy atom. The van der Waals surface area contributed by atoms with E-state index < -0.39 is 0 Å². The molecule has 0 aromatic heterocycles. The zero-order chi connectivity index (χ0) is 9.84. The highest BCUT2D eigenvalue weighted by Crippen LogP contribution is 2.22. The molecule has 1 aliphatic rings. The lowest BCUT2D eigenvalue weighted by Gasteiger charge is -1.96. The van der Waals surface area contributed by atoms with Crippen molar-refractivity contribution in [1.82, 2.24) is 0 Å². The molecule has 0 fully saturated rings. The summed E-state index contributed by atoms with van der Waals surface area (Å²) in [5.41, 5.74) is 2.90. The van der Waals surface area contributed by atoms with Crippen LogP contribution < -0.4 is 0 Å². The van der Waals surface area contributed by atoms with Gasteiger partial charge in [0.2, 0.25) is 0 Å². The molecule has 1 aliphatic heterocycles. The summed E-state index contributed by atoms with van der Waals surface area (Å²) < 4.78 is 4.87. The Bertz CT molecular complexity index is 316. The first kappa shape index (κ1) is 9.78. The lowest BCUT2D eigenvalue weighted by molar-refractivity contribution is 0.0535. The average Bonchev–Trinajstić information content (AvgIpc) is 2.53. The van der Waals surface area contributed by atoms with Gasteiger partial charge >= 0.3 is 5.97 Å². The fraction of sp³-hybridized carbons (Fsp3) is 0.364. The monoisotopic (exact) mass is 178 g/mol. The van der Waals surface area contributed by atoms with E-state index in [1.165, 1.54) is 0 Å². The number of fused-ring (bicyclic) bond motifs is 1. The number of hydrogen-bond acceptors (Lipinski definition) is 2. The van der Waals surface area contributed by atoms with E-state index in [4.69, 9.17) is 4.74 Å². The Morgan fingerprint density at radius 1 is 1.31 bits per heavy atom. The molecule has 0 amide bonds. The van der Waals surface area contributed by atoms with Crippen molar-refractivity contribution in [2.24, 2.45) is 0 Å². The van der Waals surface area contributed by atoms with Gasteiger partial charge in [0.05, 0.1) is 5.56 Å². The molecule has 1 aromatic rings. The van der Waals surface area contributed by atoms with E-state index in [0.29, 0.717) is 6.61 Å². The normalized spacial score (nSPS) is 12.7. The van der Waals surface area contributed by atoms with Gasteiger partial charge in [0.15, 0.2) is 0 Å². The summed E-state index contributed by atoms with van der Waals surface area (Å²) in [6.45, 7) is 6.43. The van der Waals surface area contributed by atoms with Crippen LogP contribution in [0.2, 0.25) is 0 Å². The van der Waals surface area contributed by atoms with E-state index in [1.807, 2.05) is 32.9 Å².